The van der Waals surface area contributed by atoms with Crippen LogP contribution in [0.25, 0.3) is 11.5 Å². The fourth-order valence-corrected chi connectivity index (χ4v) is 3.38. The Kier molecular flexibility index (Phi) is 5.25. The standard InChI is InChI=1S/C23H17F3N6O/c24-17-8-4-13(28-14-5-9-18(25)19(26)11-14)10-16(17)23(33)30-21-3-1-2-20(29-21)22-31-27-12-32(22)15-6-7-15/h1-5,8-12,15,28H,6-7H2,(H,29,30,33). The van der Waals surface area contributed by atoms with E-state index in [-0.39, 0.29) is 17.1 Å². The first-order chi connectivity index (χ1) is 16.0. The Labute approximate surface area is 186 Å². The minimum absolute atomic E-state index is 0.223. The molecule has 0 unspecified atom stereocenters. The molecule has 0 aliphatic heterocycles. The quantitative estimate of drug-likeness (QED) is 0.428. The molecule has 1 aliphatic carbocycles. The summed E-state index contributed by atoms with van der Waals surface area (Å²) in [6.07, 6.45) is 3.76. The van der Waals surface area contributed by atoms with Gasteiger partial charge in [0.25, 0.3) is 5.91 Å². The summed E-state index contributed by atoms with van der Waals surface area (Å²) < 4.78 is 42.9. The first-order valence-electron chi connectivity index (χ1n) is 10.2. The van der Waals surface area contributed by atoms with Crippen LogP contribution in [0.15, 0.2) is 60.9 Å². The summed E-state index contributed by atoms with van der Waals surface area (Å²) in [4.78, 5) is 17.2. The molecular formula is C23H17F3N6O. The summed E-state index contributed by atoms with van der Waals surface area (Å²) in [5, 5.41) is 13.5. The molecule has 0 radical (unpaired) electrons. The number of aromatic nitrogens is 4. The summed E-state index contributed by atoms with van der Waals surface area (Å²) in [6, 6.07) is 12.4. The molecule has 33 heavy (non-hydrogen) atoms. The van der Waals surface area contributed by atoms with Crippen molar-refractivity contribution in [2.45, 2.75) is 18.9 Å². The molecule has 1 fully saturated rings. The van der Waals surface area contributed by atoms with Gasteiger partial charge in [0, 0.05) is 23.5 Å². The third kappa shape index (κ3) is 4.40. The van der Waals surface area contributed by atoms with E-state index in [0.29, 0.717) is 23.2 Å². The first-order valence-corrected chi connectivity index (χ1v) is 10.2. The maximum absolute atomic E-state index is 14.4. The van der Waals surface area contributed by atoms with Gasteiger partial charge in [-0.15, -0.1) is 10.2 Å². The summed E-state index contributed by atoms with van der Waals surface area (Å²) in [7, 11) is 0. The normalized spacial score (nSPS) is 13.1. The number of anilines is 3. The summed E-state index contributed by atoms with van der Waals surface area (Å²) in [5.41, 5.74) is 0.871. The van der Waals surface area contributed by atoms with E-state index in [0.717, 1.165) is 31.0 Å². The number of amides is 1. The molecular weight excluding hydrogens is 433 g/mol. The predicted molar refractivity (Wildman–Crippen MR) is 116 cm³/mol. The van der Waals surface area contributed by atoms with Crippen LogP contribution >= 0.6 is 0 Å². The molecule has 2 aromatic carbocycles. The number of halogens is 3. The van der Waals surface area contributed by atoms with E-state index in [1.54, 1.807) is 24.5 Å². The lowest BCUT2D eigenvalue weighted by molar-refractivity contribution is 0.102. The van der Waals surface area contributed by atoms with Gasteiger partial charge in [0.1, 0.15) is 23.7 Å². The van der Waals surface area contributed by atoms with Crippen LogP contribution in [0, 0.1) is 17.5 Å². The molecule has 0 atom stereocenters. The van der Waals surface area contributed by atoms with Crippen LogP contribution in [0.4, 0.5) is 30.4 Å². The number of pyridine rings is 1. The summed E-state index contributed by atoms with van der Waals surface area (Å²) in [5.74, 6) is -2.64. The summed E-state index contributed by atoms with van der Waals surface area (Å²) in [6.45, 7) is 0. The first kappa shape index (κ1) is 20.7. The van der Waals surface area contributed by atoms with Gasteiger partial charge in [-0.25, -0.2) is 18.2 Å². The van der Waals surface area contributed by atoms with Crippen molar-refractivity contribution in [3.05, 3.63) is 83.9 Å². The van der Waals surface area contributed by atoms with Crippen LogP contribution in [0.2, 0.25) is 0 Å². The largest absolute Gasteiger partial charge is 0.355 e. The van der Waals surface area contributed by atoms with Crippen molar-refractivity contribution in [2.24, 2.45) is 0 Å². The third-order valence-electron chi connectivity index (χ3n) is 5.15. The predicted octanol–water partition coefficient (Wildman–Crippen LogP) is 5.09. The molecule has 2 N–H and O–H groups in total. The van der Waals surface area contributed by atoms with Crippen LogP contribution in [0.3, 0.4) is 0 Å². The smallest absolute Gasteiger partial charge is 0.259 e. The second kappa shape index (κ2) is 8.38. The SMILES string of the molecule is O=C(Nc1cccc(-c2nncn2C2CC2)n1)c1cc(Nc2ccc(F)c(F)c2)ccc1F. The van der Waals surface area contributed by atoms with Crippen LogP contribution in [-0.4, -0.2) is 25.7 Å². The fraction of sp³-hybridized carbons (Fsp3) is 0.130. The molecule has 5 rings (SSSR count). The van der Waals surface area contributed by atoms with Gasteiger partial charge in [0.2, 0.25) is 0 Å². The lowest BCUT2D eigenvalue weighted by atomic mass is 10.1. The lowest BCUT2D eigenvalue weighted by Crippen LogP contribution is -2.15. The molecule has 1 amide bonds. The van der Waals surface area contributed by atoms with Crippen LogP contribution in [0.1, 0.15) is 29.2 Å². The molecule has 1 saturated carbocycles. The van der Waals surface area contributed by atoms with Crippen LogP contribution in [-0.2, 0) is 0 Å². The van der Waals surface area contributed by atoms with E-state index in [4.69, 9.17) is 0 Å². The highest BCUT2D eigenvalue weighted by Gasteiger charge is 2.27. The Balaban J connectivity index is 1.36. The van der Waals surface area contributed by atoms with Gasteiger partial charge in [0.05, 0.1) is 5.56 Å². The third-order valence-corrected chi connectivity index (χ3v) is 5.15. The van der Waals surface area contributed by atoms with Crippen molar-refractivity contribution in [3.63, 3.8) is 0 Å². The van der Waals surface area contributed by atoms with Gasteiger partial charge >= 0.3 is 0 Å². The van der Waals surface area contributed by atoms with E-state index < -0.39 is 23.4 Å². The van der Waals surface area contributed by atoms with Crippen LogP contribution < -0.4 is 10.6 Å². The summed E-state index contributed by atoms with van der Waals surface area (Å²) >= 11 is 0. The Bertz CT molecular complexity index is 1350. The second-order valence-electron chi connectivity index (χ2n) is 7.60. The highest BCUT2D eigenvalue weighted by molar-refractivity contribution is 6.04. The van der Waals surface area contributed by atoms with Gasteiger partial charge < -0.3 is 15.2 Å². The molecule has 4 aromatic rings. The number of benzene rings is 2. The van der Waals surface area contributed by atoms with Gasteiger partial charge in [-0.05, 0) is 55.3 Å². The van der Waals surface area contributed by atoms with E-state index in [9.17, 15) is 18.0 Å². The van der Waals surface area contributed by atoms with Crippen molar-refractivity contribution in [3.8, 4) is 11.5 Å². The van der Waals surface area contributed by atoms with Crippen molar-refractivity contribution in [2.75, 3.05) is 10.6 Å². The highest BCUT2D eigenvalue weighted by atomic mass is 19.2. The second-order valence-corrected chi connectivity index (χ2v) is 7.60. The lowest BCUT2D eigenvalue weighted by Gasteiger charge is -2.11. The van der Waals surface area contributed by atoms with Gasteiger partial charge in [0.15, 0.2) is 17.5 Å². The number of hydrogen-bond donors (Lipinski definition) is 2. The monoisotopic (exact) mass is 450 g/mol. The molecule has 2 aromatic heterocycles. The van der Waals surface area contributed by atoms with Crippen molar-refractivity contribution in [1.82, 2.24) is 19.7 Å². The van der Waals surface area contributed by atoms with E-state index in [1.807, 2.05) is 4.57 Å². The van der Waals surface area contributed by atoms with E-state index in [1.165, 1.54) is 18.2 Å². The van der Waals surface area contributed by atoms with Crippen LogP contribution in [0.5, 0.6) is 0 Å². The number of nitrogens with one attached hydrogen (secondary N) is 2. The molecule has 7 nitrogen and oxygen atoms in total. The zero-order valence-corrected chi connectivity index (χ0v) is 17.1. The Morgan fingerprint density at radius 3 is 2.45 bits per heavy atom. The fourth-order valence-electron chi connectivity index (χ4n) is 3.38. The van der Waals surface area contributed by atoms with E-state index in [2.05, 4.69) is 25.8 Å². The molecule has 0 spiro atoms. The maximum atomic E-state index is 14.4. The van der Waals surface area contributed by atoms with Gasteiger partial charge in [-0.1, -0.05) is 6.07 Å². The molecule has 0 saturated heterocycles. The number of carbonyl (C=O) groups excluding carboxylic acids is 1. The van der Waals surface area contributed by atoms with Crippen molar-refractivity contribution < 1.29 is 18.0 Å². The molecule has 2 heterocycles. The average Bonchev–Trinajstić information content (AvgIpc) is 3.53. The minimum Gasteiger partial charge on any atom is -0.355 e. The Morgan fingerprint density at radius 1 is 0.939 bits per heavy atom. The van der Waals surface area contributed by atoms with Gasteiger partial charge in [-0.2, -0.15) is 0 Å². The van der Waals surface area contributed by atoms with E-state index >= 15 is 0 Å². The number of rotatable bonds is 6. The molecule has 1 aliphatic rings. The van der Waals surface area contributed by atoms with Gasteiger partial charge in [-0.3, -0.25) is 4.79 Å². The Morgan fingerprint density at radius 2 is 1.70 bits per heavy atom. The minimum atomic E-state index is -1.02. The van der Waals surface area contributed by atoms with Crippen molar-refractivity contribution >= 4 is 23.1 Å². The number of carbonyl (C=O) groups is 1. The average molecular weight is 450 g/mol. The zero-order valence-electron chi connectivity index (χ0n) is 17.1. The maximum Gasteiger partial charge on any atom is 0.259 e. The highest BCUT2D eigenvalue weighted by Crippen LogP contribution is 2.37. The van der Waals surface area contributed by atoms with Crippen molar-refractivity contribution in [1.29, 1.82) is 0 Å². The zero-order chi connectivity index (χ0) is 22.9. The Hall–Kier alpha value is -4.21. The number of hydrogen-bond acceptors (Lipinski definition) is 5. The molecule has 166 valence electrons. The molecule has 10 heteroatoms. The molecule has 0 bridgehead atoms. The number of nitrogens with zero attached hydrogens (tertiary/aromatic N) is 4. The topological polar surface area (TPSA) is 84.7 Å².